The molecule has 7 heteroatoms. The predicted molar refractivity (Wildman–Crippen MR) is 100 cm³/mol. The summed E-state index contributed by atoms with van der Waals surface area (Å²) in [5.74, 6) is -0.432. The third-order valence-electron chi connectivity index (χ3n) is 3.41. The number of nitrogens with one attached hydrogen (secondary N) is 2. The van der Waals surface area contributed by atoms with Crippen LogP contribution in [0.15, 0.2) is 47.4 Å². The molecule has 0 fully saturated rings. The van der Waals surface area contributed by atoms with Crippen LogP contribution in [-0.4, -0.2) is 24.2 Å². The quantitative estimate of drug-likeness (QED) is 0.616. The zero-order valence-electron chi connectivity index (χ0n) is 14.1. The van der Waals surface area contributed by atoms with Crippen molar-refractivity contribution >= 4 is 35.2 Å². The largest absolute Gasteiger partial charge is 0.496 e. The third kappa shape index (κ3) is 5.41. The molecule has 2 amide bonds. The average molecular weight is 379 g/mol. The van der Waals surface area contributed by atoms with Crippen molar-refractivity contribution in [3.05, 3.63) is 58.6 Å². The maximum atomic E-state index is 12.2. The Labute approximate surface area is 156 Å². The molecule has 2 rings (SSSR count). The van der Waals surface area contributed by atoms with Gasteiger partial charge >= 0.3 is 0 Å². The number of carbonyl (C=O) groups is 2. The fourth-order valence-corrected chi connectivity index (χ4v) is 3.06. The molecule has 0 bridgehead atoms. The topological polar surface area (TPSA) is 67.4 Å². The Kier molecular flexibility index (Phi) is 6.73. The highest BCUT2D eigenvalue weighted by Crippen LogP contribution is 2.24. The molecule has 0 aromatic heterocycles. The van der Waals surface area contributed by atoms with Crippen LogP contribution in [-0.2, 0) is 4.79 Å². The zero-order chi connectivity index (χ0) is 18.4. The molecular formula is C18H19ClN2O3S. The normalized spacial score (nSPS) is 11.5. The van der Waals surface area contributed by atoms with E-state index in [4.69, 9.17) is 16.3 Å². The highest BCUT2D eigenvalue weighted by atomic mass is 35.5. The van der Waals surface area contributed by atoms with Gasteiger partial charge in [0.15, 0.2) is 0 Å². The minimum Gasteiger partial charge on any atom is -0.496 e. The van der Waals surface area contributed by atoms with Crippen LogP contribution in [0.3, 0.4) is 0 Å². The lowest BCUT2D eigenvalue weighted by Crippen LogP contribution is -2.45. The molecular weight excluding hydrogens is 360 g/mol. The molecule has 0 heterocycles. The third-order valence-corrected chi connectivity index (χ3v) is 4.76. The van der Waals surface area contributed by atoms with Crippen LogP contribution < -0.4 is 15.6 Å². The van der Waals surface area contributed by atoms with Crippen LogP contribution in [0.5, 0.6) is 5.75 Å². The Balaban J connectivity index is 1.93. The number of ether oxygens (including phenoxy) is 1. The molecule has 0 radical (unpaired) electrons. The van der Waals surface area contributed by atoms with Gasteiger partial charge in [0.2, 0.25) is 0 Å². The van der Waals surface area contributed by atoms with Crippen LogP contribution in [0.1, 0.15) is 22.8 Å². The molecule has 0 saturated carbocycles. The molecule has 0 aliphatic heterocycles. The highest BCUT2D eigenvalue weighted by molar-refractivity contribution is 8.00. The smallest absolute Gasteiger partial charge is 0.273 e. The summed E-state index contributed by atoms with van der Waals surface area (Å²) in [4.78, 5) is 25.4. The van der Waals surface area contributed by atoms with Crippen molar-refractivity contribution in [1.82, 2.24) is 10.9 Å². The summed E-state index contributed by atoms with van der Waals surface area (Å²) in [7, 11) is 1.46. The van der Waals surface area contributed by atoms with Gasteiger partial charge in [-0.3, -0.25) is 20.4 Å². The summed E-state index contributed by atoms with van der Waals surface area (Å²) in [5, 5.41) is 0.0323. The van der Waals surface area contributed by atoms with E-state index in [1.54, 1.807) is 19.1 Å². The number of aryl methyl sites for hydroxylation is 1. The number of methoxy groups -OCH3 is 1. The molecule has 0 unspecified atom stereocenters. The van der Waals surface area contributed by atoms with Crippen LogP contribution in [0.4, 0.5) is 0 Å². The van der Waals surface area contributed by atoms with Gasteiger partial charge < -0.3 is 4.74 Å². The fourth-order valence-electron chi connectivity index (χ4n) is 2.02. The summed E-state index contributed by atoms with van der Waals surface area (Å²) in [6.45, 7) is 3.77. The van der Waals surface area contributed by atoms with Crippen LogP contribution in [0, 0.1) is 6.92 Å². The number of rotatable bonds is 5. The van der Waals surface area contributed by atoms with Crippen molar-refractivity contribution in [3.63, 3.8) is 0 Å². The van der Waals surface area contributed by atoms with Gasteiger partial charge in [-0.15, -0.1) is 11.8 Å². The van der Waals surface area contributed by atoms with Crippen molar-refractivity contribution < 1.29 is 14.3 Å². The van der Waals surface area contributed by atoms with Gasteiger partial charge in [0.1, 0.15) is 5.75 Å². The van der Waals surface area contributed by atoms with E-state index in [-0.39, 0.29) is 16.7 Å². The van der Waals surface area contributed by atoms with E-state index in [1.807, 2.05) is 31.2 Å². The number of hydrogen-bond donors (Lipinski definition) is 2. The van der Waals surface area contributed by atoms with Crippen molar-refractivity contribution in [1.29, 1.82) is 0 Å². The van der Waals surface area contributed by atoms with Crippen molar-refractivity contribution in [2.75, 3.05) is 7.11 Å². The Bertz CT molecular complexity index is 765. The summed E-state index contributed by atoms with van der Waals surface area (Å²) >= 11 is 7.31. The van der Waals surface area contributed by atoms with E-state index in [9.17, 15) is 9.59 Å². The summed E-state index contributed by atoms with van der Waals surface area (Å²) in [5.41, 5.74) is 6.21. The molecule has 25 heavy (non-hydrogen) atoms. The first-order chi connectivity index (χ1) is 11.9. The van der Waals surface area contributed by atoms with Gasteiger partial charge in [0, 0.05) is 9.92 Å². The van der Waals surface area contributed by atoms with Crippen molar-refractivity contribution in [2.24, 2.45) is 0 Å². The van der Waals surface area contributed by atoms with Crippen molar-refractivity contribution in [2.45, 2.75) is 24.0 Å². The number of halogens is 1. The molecule has 2 N–H and O–H groups in total. The Morgan fingerprint density at radius 1 is 1.12 bits per heavy atom. The number of benzene rings is 2. The molecule has 5 nitrogen and oxygen atoms in total. The first-order valence-electron chi connectivity index (χ1n) is 7.57. The molecule has 1 atom stereocenters. The molecule has 2 aromatic rings. The number of carbonyl (C=O) groups excluding carboxylic acids is 2. The van der Waals surface area contributed by atoms with Crippen LogP contribution >= 0.6 is 23.4 Å². The van der Waals surface area contributed by atoms with E-state index < -0.39 is 5.91 Å². The molecule has 0 saturated heterocycles. The number of hydrogen-bond acceptors (Lipinski definition) is 4. The van der Waals surface area contributed by atoms with E-state index in [0.29, 0.717) is 10.8 Å². The molecule has 0 aliphatic carbocycles. The SMILES string of the molecule is COc1ccc(Cl)cc1C(=O)NNC(=O)[C@H](C)Sc1ccc(C)cc1. The summed E-state index contributed by atoms with van der Waals surface area (Å²) < 4.78 is 5.13. The number of hydrazine groups is 1. The number of thioether (sulfide) groups is 1. The minimum absolute atomic E-state index is 0.245. The Morgan fingerprint density at radius 2 is 1.80 bits per heavy atom. The van der Waals surface area contributed by atoms with Crippen LogP contribution in [0.25, 0.3) is 0 Å². The molecule has 0 aliphatic rings. The van der Waals surface area contributed by atoms with Gasteiger partial charge in [-0.05, 0) is 44.2 Å². The molecule has 132 valence electrons. The Morgan fingerprint density at radius 3 is 2.44 bits per heavy atom. The first kappa shape index (κ1) is 19.1. The average Bonchev–Trinajstić information content (AvgIpc) is 2.61. The monoisotopic (exact) mass is 378 g/mol. The first-order valence-corrected chi connectivity index (χ1v) is 8.83. The molecule has 2 aromatic carbocycles. The highest BCUT2D eigenvalue weighted by Gasteiger charge is 2.17. The standard InChI is InChI=1S/C18H19ClN2O3S/c1-11-4-7-14(8-5-11)25-12(2)17(22)20-21-18(23)15-10-13(19)6-9-16(15)24-3/h4-10,12H,1-3H3,(H,20,22)(H,21,23)/t12-/m0/s1. The van der Waals surface area contributed by atoms with Gasteiger partial charge in [-0.25, -0.2) is 0 Å². The predicted octanol–water partition coefficient (Wildman–Crippen LogP) is 3.60. The lowest BCUT2D eigenvalue weighted by Gasteiger charge is -2.14. The maximum absolute atomic E-state index is 12.2. The lowest BCUT2D eigenvalue weighted by molar-refractivity contribution is -0.121. The second-order valence-corrected chi connectivity index (χ2v) is 7.21. The van der Waals surface area contributed by atoms with E-state index in [0.717, 1.165) is 10.5 Å². The molecule has 0 spiro atoms. The van der Waals surface area contributed by atoms with E-state index >= 15 is 0 Å². The van der Waals surface area contributed by atoms with Gasteiger partial charge in [-0.1, -0.05) is 29.3 Å². The maximum Gasteiger partial charge on any atom is 0.273 e. The second kappa shape index (κ2) is 8.78. The van der Waals surface area contributed by atoms with Gasteiger partial charge in [0.05, 0.1) is 17.9 Å². The lowest BCUT2D eigenvalue weighted by atomic mass is 10.2. The van der Waals surface area contributed by atoms with E-state index in [2.05, 4.69) is 10.9 Å². The summed E-state index contributed by atoms with van der Waals surface area (Å²) in [6, 6.07) is 12.6. The fraction of sp³-hybridized carbons (Fsp3) is 0.222. The summed E-state index contributed by atoms with van der Waals surface area (Å²) in [6.07, 6.45) is 0. The second-order valence-electron chi connectivity index (χ2n) is 5.36. The Hall–Kier alpha value is -2.18. The van der Waals surface area contributed by atoms with Crippen LogP contribution in [0.2, 0.25) is 5.02 Å². The van der Waals surface area contributed by atoms with E-state index in [1.165, 1.54) is 24.9 Å². The zero-order valence-corrected chi connectivity index (χ0v) is 15.7. The van der Waals surface area contributed by atoms with Gasteiger partial charge in [0.25, 0.3) is 11.8 Å². The number of amides is 2. The van der Waals surface area contributed by atoms with Gasteiger partial charge in [-0.2, -0.15) is 0 Å². The minimum atomic E-state index is -0.500. The van der Waals surface area contributed by atoms with Crippen molar-refractivity contribution in [3.8, 4) is 5.75 Å².